The number of rotatable bonds is 2. The molecule has 0 radical (unpaired) electrons. The van der Waals surface area contributed by atoms with E-state index in [4.69, 9.17) is 0 Å². The number of hydrogen-bond donors (Lipinski definition) is 0. The van der Waals surface area contributed by atoms with Crippen LogP contribution < -0.4 is 0 Å². The van der Waals surface area contributed by atoms with Gasteiger partial charge >= 0.3 is 0 Å². The van der Waals surface area contributed by atoms with E-state index in [1.165, 1.54) is 13.8 Å². The molecule has 0 heterocycles. The zero-order valence-corrected chi connectivity index (χ0v) is 9.45. The monoisotopic (exact) mass is 306 g/mol. The molecule has 0 bridgehead atoms. The average Bonchev–Trinajstić information content (AvgIpc) is 2.19. The van der Waals surface area contributed by atoms with Gasteiger partial charge in [-0.3, -0.25) is 0 Å². The molecule has 0 aromatic heterocycles. The Balaban J connectivity index is -0.000000180. The SMILES string of the molecule is CC(C=N[O-])=N[O-].CC(C=N[O-])=N[O-].[Pd]. The minimum Gasteiger partial charge on any atom is -0.792 e. The molecule has 90 valence electrons. The maximum absolute atomic E-state index is 9.38. The molecule has 0 aliphatic heterocycles. The van der Waals surface area contributed by atoms with Crippen molar-refractivity contribution < 1.29 is 20.4 Å². The van der Waals surface area contributed by atoms with Crippen LogP contribution in [0.25, 0.3) is 0 Å². The van der Waals surface area contributed by atoms with Gasteiger partial charge in [-0.2, -0.15) is 0 Å². The Labute approximate surface area is 99.9 Å². The van der Waals surface area contributed by atoms with Gasteiger partial charge in [0.15, 0.2) is 0 Å². The minimum absolute atomic E-state index is 0. The van der Waals surface area contributed by atoms with Gasteiger partial charge in [0.1, 0.15) is 0 Å². The van der Waals surface area contributed by atoms with E-state index in [2.05, 4.69) is 20.6 Å². The zero-order valence-electron chi connectivity index (χ0n) is 7.89. The van der Waals surface area contributed by atoms with Crippen molar-refractivity contribution in [2.24, 2.45) is 20.6 Å². The third-order valence-electron chi connectivity index (χ3n) is 0.767. The van der Waals surface area contributed by atoms with Crippen molar-refractivity contribution in [2.45, 2.75) is 13.8 Å². The van der Waals surface area contributed by atoms with E-state index in [0.29, 0.717) is 0 Å². The third-order valence-corrected chi connectivity index (χ3v) is 0.767. The topological polar surface area (TPSA) is 142 Å². The summed E-state index contributed by atoms with van der Waals surface area (Å²) in [5, 5.41) is 46.6. The molecule has 0 N–H and O–H groups in total. The second-order valence-corrected chi connectivity index (χ2v) is 1.93. The smallest absolute Gasteiger partial charge is 0.0436 e. The maximum atomic E-state index is 9.38. The van der Waals surface area contributed by atoms with Gasteiger partial charge in [-0.15, -0.1) is 0 Å². The minimum atomic E-state index is 0. The first kappa shape index (κ1) is 19.2. The normalized spacial score (nSPS) is 12.1. The van der Waals surface area contributed by atoms with Crippen LogP contribution in [0.5, 0.6) is 0 Å². The second-order valence-electron chi connectivity index (χ2n) is 1.93. The van der Waals surface area contributed by atoms with Gasteiger partial charge in [0.05, 0.1) is 0 Å². The summed E-state index contributed by atoms with van der Waals surface area (Å²) < 4.78 is 0. The van der Waals surface area contributed by atoms with Crippen LogP contribution in [0.3, 0.4) is 0 Å². The molecule has 9 heteroatoms. The Morgan fingerprint density at radius 2 is 1.07 bits per heavy atom. The van der Waals surface area contributed by atoms with Gasteiger partial charge in [0, 0.05) is 44.3 Å². The van der Waals surface area contributed by atoms with Crippen LogP contribution in [0.4, 0.5) is 0 Å². The Morgan fingerprint density at radius 1 is 0.800 bits per heavy atom. The summed E-state index contributed by atoms with van der Waals surface area (Å²) in [6.45, 7) is 2.79. The molecule has 0 aromatic rings. The van der Waals surface area contributed by atoms with Crippen molar-refractivity contribution in [2.75, 3.05) is 0 Å². The molecule has 0 unspecified atom stereocenters. The molecule has 15 heavy (non-hydrogen) atoms. The quantitative estimate of drug-likeness (QED) is 0.426. The molecule has 0 aliphatic carbocycles. The van der Waals surface area contributed by atoms with E-state index in [1.807, 2.05) is 0 Å². The second kappa shape index (κ2) is 15.0. The summed E-state index contributed by atoms with van der Waals surface area (Å²) in [4.78, 5) is 0. The van der Waals surface area contributed by atoms with Gasteiger partial charge in [-0.1, -0.05) is 0 Å². The molecular formula is C6H8N4O4Pd-4. The van der Waals surface area contributed by atoms with Gasteiger partial charge in [-0.05, 0) is 13.8 Å². The fourth-order valence-electron chi connectivity index (χ4n) is 0.200. The van der Waals surface area contributed by atoms with Gasteiger partial charge in [0.25, 0.3) is 0 Å². The van der Waals surface area contributed by atoms with Gasteiger partial charge in [0.2, 0.25) is 0 Å². The van der Waals surface area contributed by atoms with Crippen molar-refractivity contribution >= 4 is 23.9 Å². The van der Waals surface area contributed by atoms with E-state index in [0.717, 1.165) is 12.4 Å². The largest absolute Gasteiger partial charge is 0.792 e. The van der Waals surface area contributed by atoms with Crippen LogP contribution in [-0.4, -0.2) is 23.9 Å². The first-order chi connectivity index (χ1) is 6.62. The van der Waals surface area contributed by atoms with Crippen LogP contribution in [0.15, 0.2) is 20.6 Å². The summed E-state index contributed by atoms with van der Waals surface area (Å²) in [5.41, 5.74) is 0.185. The van der Waals surface area contributed by atoms with E-state index in [1.54, 1.807) is 0 Å². The molecule has 0 rings (SSSR count). The Bertz CT molecular complexity index is 226. The van der Waals surface area contributed by atoms with Crippen molar-refractivity contribution in [3.63, 3.8) is 0 Å². The molecule has 0 saturated heterocycles. The zero-order chi connectivity index (χ0) is 11.4. The molecule has 0 atom stereocenters. The molecular weight excluding hydrogens is 299 g/mol. The maximum Gasteiger partial charge on any atom is 0.0436 e. The van der Waals surface area contributed by atoms with E-state index in [-0.39, 0.29) is 31.8 Å². The van der Waals surface area contributed by atoms with Crippen molar-refractivity contribution in [3.05, 3.63) is 20.8 Å². The molecule has 0 aliphatic rings. The predicted molar refractivity (Wildman–Crippen MR) is 56.7 cm³/mol. The van der Waals surface area contributed by atoms with E-state index < -0.39 is 0 Å². The predicted octanol–water partition coefficient (Wildman–Crippen LogP) is 1.02. The van der Waals surface area contributed by atoms with Crippen molar-refractivity contribution in [1.29, 1.82) is 0 Å². The summed E-state index contributed by atoms with van der Waals surface area (Å²) >= 11 is 0. The average molecular weight is 307 g/mol. The van der Waals surface area contributed by atoms with E-state index in [9.17, 15) is 20.8 Å². The number of nitrogens with zero attached hydrogens (tertiary/aromatic N) is 4. The molecule has 0 aromatic carbocycles. The summed E-state index contributed by atoms with van der Waals surface area (Å²) in [6.07, 6.45) is 1.71. The molecule has 0 spiro atoms. The Morgan fingerprint density at radius 3 is 1.13 bits per heavy atom. The molecule has 0 amide bonds. The van der Waals surface area contributed by atoms with Crippen LogP contribution in [0.1, 0.15) is 13.8 Å². The first-order valence-corrected chi connectivity index (χ1v) is 3.27. The third kappa shape index (κ3) is 19.1. The van der Waals surface area contributed by atoms with Crippen LogP contribution in [0.2, 0.25) is 0 Å². The number of hydrogen-bond acceptors (Lipinski definition) is 8. The molecule has 0 saturated carbocycles. The van der Waals surface area contributed by atoms with Gasteiger partial charge in [-0.25, -0.2) is 0 Å². The van der Waals surface area contributed by atoms with E-state index >= 15 is 0 Å². The summed E-state index contributed by atoms with van der Waals surface area (Å²) in [6, 6.07) is 0. The van der Waals surface area contributed by atoms with Crippen molar-refractivity contribution in [3.8, 4) is 0 Å². The van der Waals surface area contributed by atoms with Crippen LogP contribution in [-0.2, 0) is 20.4 Å². The van der Waals surface area contributed by atoms with Crippen LogP contribution >= 0.6 is 0 Å². The summed E-state index contributed by atoms with van der Waals surface area (Å²) in [7, 11) is 0. The Hall–Kier alpha value is -1.46. The van der Waals surface area contributed by atoms with Crippen LogP contribution in [0, 0.1) is 20.8 Å². The fourth-order valence-corrected chi connectivity index (χ4v) is 0.200. The molecule has 0 fully saturated rings. The molecule has 8 nitrogen and oxygen atoms in total. The Kier molecular flexibility index (Phi) is 19.2. The fraction of sp³-hybridized carbons (Fsp3) is 0.333. The standard InChI is InChI=1S/2C3H6N2O2.Pd/c2*1-3(5-7)2-4-6;/h2*2,6-7H,1H3;/p-4. The first-order valence-electron chi connectivity index (χ1n) is 3.27. The van der Waals surface area contributed by atoms with Gasteiger partial charge < -0.3 is 41.5 Å². The summed E-state index contributed by atoms with van der Waals surface area (Å²) in [5.74, 6) is 0. The van der Waals surface area contributed by atoms with Crippen molar-refractivity contribution in [1.82, 2.24) is 0 Å².